The van der Waals surface area contributed by atoms with Crippen molar-refractivity contribution < 1.29 is 4.79 Å². The molecule has 2 aromatic rings. The lowest BCUT2D eigenvalue weighted by atomic mass is 9.89. The highest BCUT2D eigenvalue weighted by Gasteiger charge is 2.26. The number of carbonyl (C=O) groups excluding carboxylic acids is 1. The number of nitrogens with zero attached hydrogens (tertiary/aromatic N) is 5. The van der Waals surface area contributed by atoms with Gasteiger partial charge in [-0.3, -0.25) is 9.69 Å². The molecular weight excluding hydrogens is 346 g/mol. The topological polar surface area (TPSA) is 62.2 Å². The van der Waals surface area contributed by atoms with Crippen LogP contribution in [0.3, 0.4) is 0 Å². The van der Waals surface area contributed by atoms with Gasteiger partial charge in [0, 0.05) is 50.5 Å². The summed E-state index contributed by atoms with van der Waals surface area (Å²) >= 11 is 1.42. The third-order valence-electron chi connectivity index (χ3n) is 5.38. The highest BCUT2D eigenvalue weighted by molar-refractivity contribution is 7.13. The number of hydrogen-bond donors (Lipinski definition) is 0. The van der Waals surface area contributed by atoms with Crippen molar-refractivity contribution in [3.63, 3.8) is 0 Å². The predicted octanol–water partition coefficient (Wildman–Crippen LogP) is 2.94. The minimum atomic E-state index is 0.0285. The first-order valence-corrected chi connectivity index (χ1v) is 10.4. The lowest BCUT2D eigenvalue weighted by Gasteiger charge is -2.37. The van der Waals surface area contributed by atoms with E-state index in [0.717, 1.165) is 32.1 Å². The largest absolute Gasteiger partial charge is 0.335 e. The molecule has 0 unspecified atom stereocenters. The van der Waals surface area contributed by atoms with E-state index in [1.807, 2.05) is 10.3 Å². The van der Waals surface area contributed by atoms with Gasteiger partial charge in [-0.05, 0) is 24.8 Å². The predicted molar refractivity (Wildman–Crippen MR) is 102 cm³/mol. The van der Waals surface area contributed by atoms with Gasteiger partial charge in [0.15, 0.2) is 10.8 Å². The zero-order chi connectivity index (χ0) is 17.8. The zero-order valence-corrected chi connectivity index (χ0v) is 15.8. The molecule has 1 saturated carbocycles. The van der Waals surface area contributed by atoms with E-state index < -0.39 is 0 Å². The monoisotopic (exact) mass is 371 g/mol. The molecule has 1 amide bonds. The Morgan fingerprint density at radius 1 is 1.08 bits per heavy atom. The number of piperazine rings is 1. The minimum absolute atomic E-state index is 0.0285. The second kappa shape index (κ2) is 8.22. The summed E-state index contributed by atoms with van der Waals surface area (Å²) in [5.74, 6) is 1.47. The van der Waals surface area contributed by atoms with Crippen LogP contribution in [0, 0.1) is 5.92 Å². The van der Waals surface area contributed by atoms with E-state index in [2.05, 4.69) is 19.9 Å². The first-order chi connectivity index (χ1) is 12.8. The Balaban J connectivity index is 1.31. The molecule has 0 N–H and O–H groups in total. The second-order valence-electron chi connectivity index (χ2n) is 7.21. The van der Waals surface area contributed by atoms with Crippen LogP contribution in [0.2, 0.25) is 0 Å². The molecule has 26 heavy (non-hydrogen) atoms. The van der Waals surface area contributed by atoms with Crippen molar-refractivity contribution in [2.24, 2.45) is 5.92 Å². The molecule has 4 rings (SSSR count). The average Bonchev–Trinajstić information content (AvgIpc) is 3.20. The molecule has 7 heteroatoms. The Morgan fingerprint density at radius 3 is 2.54 bits per heavy atom. The molecule has 1 saturated heterocycles. The van der Waals surface area contributed by atoms with Gasteiger partial charge in [-0.25, -0.2) is 15.0 Å². The summed E-state index contributed by atoms with van der Waals surface area (Å²) in [4.78, 5) is 30.1. The molecule has 1 aliphatic carbocycles. The minimum Gasteiger partial charge on any atom is -0.335 e. The molecule has 3 heterocycles. The fourth-order valence-corrected chi connectivity index (χ4v) is 4.65. The zero-order valence-electron chi connectivity index (χ0n) is 15.0. The summed E-state index contributed by atoms with van der Waals surface area (Å²) in [6.07, 6.45) is 10.3. The van der Waals surface area contributed by atoms with Crippen molar-refractivity contribution in [3.05, 3.63) is 29.5 Å². The Hall–Kier alpha value is -1.86. The van der Waals surface area contributed by atoms with Crippen LogP contribution >= 0.6 is 11.3 Å². The SMILES string of the molecule is O=C(c1csc(-c2ncccn2)n1)N1CCN(CC2CCCCC2)CC1. The molecule has 1 aliphatic heterocycles. The Kier molecular flexibility index (Phi) is 5.55. The van der Waals surface area contributed by atoms with Gasteiger partial charge < -0.3 is 4.90 Å². The van der Waals surface area contributed by atoms with Crippen molar-refractivity contribution in [2.75, 3.05) is 32.7 Å². The highest BCUT2D eigenvalue weighted by atomic mass is 32.1. The maximum absolute atomic E-state index is 12.8. The van der Waals surface area contributed by atoms with E-state index in [0.29, 0.717) is 16.5 Å². The van der Waals surface area contributed by atoms with Crippen molar-refractivity contribution in [3.8, 4) is 10.8 Å². The van der Waals surface area contributed by atoms with Gasteiger partial charge >= 0.3 is 0 Å². The number of carbonyl (C=O) groups is 1. The lowest BCUT2D eigenvalue weighted by Crippen LogP contribution is -2.50. The number of aromatic nitrogens is 3. The molecule has 2 aromatic heterocycles. The van der Waals surface area contributed by atoms with E-state index in [1.54, 1.807) is 18.5 Å². The van der Waals surface area contributed by atoms with Gasteiger partial charge in [-0.2, -0.15) is 0 Å². The maximum Gasteiger partial charge on any atom is 0.273 e. The number of amides is 1. The maximum atomic E-state index is 12.8. The molecule has 138 valence electrons. The van der Waals surface area contributed by atoms with Crippen molar-refractivity contribution in [1.82, 2.24) is 24.8 Å². The van der Waals surface area contributed by atoms with Crippen LogP contribution in [0.5, 0.6) is 0 Å². The summed E-state index contributed by atoms with van der Waals surface area (Å²) in [7, 11) is 0. The summed E-state index contributed by atoms with van der Waals surface area (Å²) in [5.41, 5.74) is 0.512. The molecule has 0 bridgehead atoms. The van der Waals surface area contributed by atoms with Crippen LogP contribution in [0.25, 0.3) is 10.8 Å². The van der Waals surface area contributed by atoms with Gasteiger partial charge in [0.2, 0.25) is 0 Å². The summed E-state index contributed by atoms with van der Waals surface area (Å²) in [5, 5.41) is 2.52. The Labute approximate surface area is 158 Å². The van der Waals surface area contributed by atoms with E-state index in [-0.39, 0.29) is 5.91 Å². The molecule has 0 spiro atoms. The van der Waals surface area contributed by atoms with E-state index in [9.17, 15) is 4.79 Å². The molecule has 0 radical (unpaired) electrons. The third kappa shape index (κ3) is 4.10. The van der Waals surface area contributed by atoms with Crippen LogP contribution in [-0.2, 0) is 0 Å². The molecule has 2 aliphatic rings. The quantitative estimate of drug-likeness (QED) is 0.827. The van der Waals surface area contributed by atoms with E-state index in [1.165, 1.54) is 50.0 Å². The average molecular weight is 372 g/mol. The standard InChI is InChI=1S/C19H25N5OS/c25-19(16-14-26-18(22-16)17-20-7-4-8-21-17)24-11-9-23(10-12-24)13-15-5-2-1-3-6-15/h4,7-8,14-15H,1-3,5-6,9-13H2. The normalized spacial score (nSPS) is 19.6. The van der Waals surface area contributed by atoms with E-state index >= 15 is 0 Å². The fraction of sp³-hybridized carbons (Fsp3) is 0.579. The molecular formula is C19H25N5OS. The van der Waals surface area contributed by atoms with Crippen molar-refractivity contribution in [1.29, 1.82) is 0 Å². The molecule has 6 nitrogen and oxygen atoms in total. The smallest absolute Gasteiger partial charge is 0.273 e. The van der Waals surface area contributed by atoms with Crippen LogP contribution in [0.1, 0.15) is 42.6 Å². The van der Waals surface area contributed by atoms with E-state index in [4.69, 9.17) is 0 Å². The van der Waals surface area contributed by atoms with Crippen LogP contribution in [-0.4, -0.2) is 63.4 Å². The second-order valence-corrected chi connectivity index (χ2v) is 8.07. The molecule has 0 aromatic carbocycles. The fourth-order valence-electron chi connectivity index (χ4n) is 3.91. The summed E-state index contributed by atoms with van der Waals surface area (Å²) < 4.78 is 0. The number of thiazole rings is 1. The Morgan fingerprint density at radius 2 is 1.81 bits per heavy atom. The molecule has 2 fully saturated rings. The number of hydrogen-bond acceptors (Lipinski definition) is 6. The number of rotatable bonds is 4. The summed E-state index contributed by atoms with van der Waals surface area (Å²) in [6, 6.07) is 1.77. The van der Waals surface area contributed by atoms with Crippen molar-refractivity contribution >= 4 is 17.2 Å². The van der Waals surface area contributed by atoms with Gasteiger partial charge in [-0.15, -0.1) is 11.3 Å². The first kappa shape index (κ1) is 17.5. The Bertz CT molecular complexity index is 721. The van der Waals surface area contributed by atoms with Crippen LogP contribution < -0.4 is 0 Å². The van der Waals surface area contributed by atoms with Crippen molar-refractivity contribution in [2.45, 2.75) is 32.1 Å². The van der Waals surface area contributed by atoms with Gasteiger partial charge in [0.1, 0.15) is 5.69 Å². The highest BCUT2D eigenvalue weighted by Crippen LogP contribution is 2.25. The van der Waals surface area contributed by atoms with Crippen LogP contribution in [0.4, 0.5) is 0 Å². The van der Waals surface area contributed by atoms with Crippen LogP contribution in [0.15, 0.2) is 23.8 Å². The third-order valence-corrected chi connectivity index (χ3v) is 6.22. The van der Waals surface area contributed by atoms with Gasteiger partial charge in [0.25, 0.3) is 5.91 Å². The van der Waals surface area contributed by atoms with Gasteiger partial charge in [0.05, 0.1) is 0 Å². The first-order valence-electron chi connectivity index (χ1n) is 9.54. The molecule has 0 atom stereocenters. The van der Waals surface area contributed by atoms with Gasteiger partial charge in [-0.1, -0.05) is 19.3 Å². The summed E-state index contributed by atoms with van der Waals surface area (Å²) in [6.45, 7) is 4.73. The lowest BCUT2D eigenvalue weighted by molar-refractivity contribution is 0.0601.